The van der Waals surface area contributed by atoms with Crippen molar-refractivity contribution in [3.63, 3.8) is 0 Å². The van der Waals surface area contributed by atoms with Gasteiger partial charge in [-0.1, -0.05) is 49.3 Å². The third-order valence-electron chi connectivity index (χ3n) is 4.00. The zero-order chi connectivity index (χ0) is 14.8. The molecule has 2 rings (SSSR count). The minimum atomic E-state index is -0.572. The predicted octanol–water partition coefficient (Wildman–Crippen LogP) is 1.61. The highest BCUT2D eigenvalue weighted by Crippen LogP contribution is 2.48. The summed E-state index contributed by atoms with van der Waals surface area (Å²) in [5, 5.41) is 14.7. The number of carbonyl (C=O) groups excluding carboxylic acids is 1. The summed E-state index contributed by atoms with van der Waals surface area (Å²) in [6.45, 7) is 3.99. The maximum atomic E-state index is 12.4. The normalized spacial score (nSPS) is 17.6. The minimum Gasteiger partial charge on any atom is -0.409 e. The fourth-order valence-electron chi connectivity index (χ4n) is 2.23. The van der Waals surface area contributed by atoms with Crippen LogP contribution in [0.2, 0.25) is 0 Å². The van der Waals surface area contributed by atoms with Crippen LogP contribution in [0.4, 0.5) is 0 Å². The van der Waals surface area contributed by atoms with E-state index in [1.165, 1.54) is 0 Å². The van der Waals surface area contributed by atoms with Gasteiger partial charge in [-0.3, -0.25) is 4.79 Å². The molecule has 1 amide bonds. The molecule has 0 aromatic heterocycles. The first-order chi connectivity index (χ1) is 9.42. The molecule has 0 heterocycles. The van der Waals surface area contributed by atoms with Crippen LogP contribution in [0.3, 0.4) is 0 Å². The van der Waals surface area contributed by atoms with Crippen molar-refractivity contribution in [1.29, 1.82) is 0 Å². The van der Waals surface area contributed by atoms with Gasteiger partial charge in [0.25, 0.3) is 0 Å². The quantitative estimate of drug-likeness (QED) is 0.330. The number of nitrogens with one attached hydrogen (secondary N) is 1. The number of oxime groups is 1. The van der Waals surface area contributed by atoms with Crippen LogP contribution in [0.15, 0.2) is 35.5 Å². The van der Waals surface area contributed by atoms with Gasteiger partial charge in [-0.05, 0) is 18.4 Å². The lowest BCUT2D eigenvalue weighted by molar-refractivity contribution is -0.123. The van der Waals surface area contributed by atoms with Crippen molar-refractivity contribution in [2.75, 3.05) is 6.54 Å². The Kier molecular flexibility index (Phi) is 3.70. The van der Waals surface area contributed by atoms with Gasteiger partial charge in [-0.2, -0.15) is 0 Å². The van der Waals surface area contributed by atoms with Gasteiger partial charge in [0.15, 0.2) is 0 Å². The van der Waals surface area contributed by atoms with Crippen LogP contribution in [0.5, 0.6) is 0 Å². The Morgan fingerprint density at radius 3 is 2.50 bits per heavy atom. The Hall–Kier alpha value is -2.04. The molecular formula is C15H21N3O2. The Bertz CT molecular complexity index is 519. The summed E-state index contributed by atoms with van der Waals surface area (Å²) >= 11 is 0. The lowest BCUT2D eigenvalue weighted by atomic mass is 9.90. The number of amidine groups is 1. The Morgan fingerprint density at radius 1 is 1.40 bits per heavy atom. The molecule has 0 radical (unpaired) electrons. The Balaban J connectivity index is 2.03. The number of rotatable bonds is 5. The van der Waals surface area contributed by atoms with Crippen molar-refractivity contribution in [3.05, 3.63) is 35.9 Å². The summed E-state index contributed by atoms with van der Waals surface area (Å²) in [6, 6.07) is 9.81. The van der Waals surface area contributed by atoms with Crippen molar-refractivity contribution >= 4 is 11.7 Å². The molecule has 4 N–H and O–H groups in total. The summed E-state index contributed by atoms with van der Waals surface area (Å²) < 4.78 is 0. The fraction of sp³-hybridized carbons (Fsp3) is 0.467. The molecule has 5 heteroatoms. The molecule has 1 saturated carbocycles. The lowest BCUT2D eigenvalue weighted by Gasteiger charge is -2.25. The Labute approximate surface area is 118 Å². The zero-order valence-electron chi connectivity index (χ0n) is 11.9. The first-order valence-electron chi connectivity index (χ1n) is 6.74. The second kappa shape index (κ2) is 5.15. The summed E-state index contributed by atoms with van der Waals surface area (Å²) in [4.78, 5) is 12.4. The van der Waals surface area contributed by atoms with E-state index in [-0.39, 0.29) is 17.2 Å². The monoisotopic (exact) mass is 275 g/mol. The SMILES string of the molecule is CC(C)(CNC(=O)C1(c2ccccc2)CC1)/C(N)=N/O. The van der Waals surface area contributed by atoms with Crippen LogP contribution in [-0.4, -0.2) is 23.5 Å². The predicted molar refractivity (Wildman–Crippen MR) is 77.6 cm³/mol. The molecule has 0 bridgehead atoms. The molecule has 0 saturated heterocycles. The topological polar surface area (TPSA) is 87.7 Å². The number of carbonyl (C=O) groups is 1. The maximum Gasteiger partial charge on any atom is 0.230 e. The third-order valence-corrected chi connectivity index (χ3v) is 4.00. The first kappa shape index (κ1) is 14.4. The van der Waals surface area contributed by atoms with Gasteiger partial charge in [-0.15, -0.1) is 0 Å². The van der Waals surface area contributed by atoms with E-state index in [2.05, 4.69) is 10.5 Å². The third kappa shape index (κ3) is 2.61. The van der Waals surface area contributed by atoms with E-state index in [1.54, 1.807) is 0 Å². The van der Waals surface area contributed by atoms with Crippen molar-refractivity contribution in [2.45, 2.75) is 32.1 Å². The van der Waals surface area contributed by atoms with Crippen LogP contribution >= 0.6 is 0 Å². The lowest BCUT2D eigenvalue weighted by Crippen LogP contribution is -2.45. The second-order valence-corrected chi connectivity index (χ2v) is 6.00. The highest BCUT2D eigenvalue weighted by molar-refractivity contribution is 5.92. The van der Waals surface area contributed by atoms with Crippen molar-refractivity contribution < 1.29 is 10.0 Å². The van der Waals surface area contributed by atoms with Crippen LogP contribution in [-0.2, 0) is 10.2 Å². The van der Waals surface area contributed by atoms with Gasteiger partial charge in [-0.25, -0.2) is 0 Å². The van der Waals surface area contributed by atoms with Gasteiger partial charge >= 0.3 is 0 Å². The van der Waals surface area contributed by atoms with Crippen molar-refractivity contribution in [3.8, 4) is 0 Å². The highest BCUT2D eigenvalue weighted by atomic mass is 16.4. The fourth-order valence-corrected chi connectivity index (χ4v) is 2.23. The standard InChI is InChI=1S/C15H21N3O2/c1-14(2,12(16)18-20)10-17-13(19)15(8-9-15)11-6-4-3-5-7-11/h3-7,20H,8-10H2,1-2H3,(H2,16,18)(H,17,19). The van der Waals surface area contributed by atoms with E-state index >= 15 is 0 Å². The number of nitrogens with zero attached hydrogens (tertiary/aromatic N) is 1. The van der Waals surface area contributed by atoms with Crippen molar-refractivity contribution in [1.82, 2.24) is 5.32 Å². The molecule has 1 fully saturated rings. The molecule has 0 spiro atoms. The smallest absolute Gasteiger partial charge is 0.230 e. The molecular weight excluding hydrogens is 254 g/mol. The van der Waals surface area contributed by atoms with E-state index in [0.29, 0.717) is 6.54 Å². The molecule has 0 atom stereocenters. The summed E-state index contributed by atoms with van der Waals surface area (Å²) in [6.07, 6.45) is 1.74. The number of hydrogen-bond donors (Lipinski definition) is 3. The summed E-state index contributed by atoms with van der Waals surface area (Å²) in [5.41, 5.74) is 5.72. The van der Waals surface area contributed by atoms with E-state index in [0.717, 1.165) is 18.4 Å². The minimum absolute atomic E-state index is 0.0162. The molecule has 5 nitrogen and oxygen atoms in total. The maximum absolute atomic E-state index is 12.4. The van der Waals surface area contributed by atoms with E-state index in [4.69, 9.17) is 10.9 Å². The van der Waals surface area contributed by atoms with Gasteiger partial charge < -0.3 is 16.3 Å². The van der Waals surface area contributed by atoms with Crippen molar-refractivity contribution in [2.24, 2.45) is 16.3 Å². The molecule has 0 unspecified atom stereocenters. The molecule has 0 aliphatic heterocycles. The first-order valence-corrected chi connectivity index (χ1v) is 6.74. The second-order valence-electron chi connectivity index (χ2n) is 6.00. The number of hydrogen-bond acceptors (Lipinski definition) is 3. The number of amides is 1. The highest BCUT2D eigenvalue weighted by Gasteiger charge is 2.51. The van der Waals surface area contributed by atoms with Gasteiger partial charge in [0, 0.05) is 12.0 Å². The summed E-state index contributed by atoms with van der Waals surface area (Å²) in [5.74, 6) is 0.130. The molecule has 1 aromatic carbocycles. The van der Waals surface area contributed by atoms with Crippen LogP contribution in [0.25, 0.3) is 0 Å². The van der Waals surface area contributed by atoms with Crippen LogP contribution in [0, 0.1) is 5.41 Å². The molecule has 1 aromatic rings. The van der Waals surface area contributed by atoms with E-state index < -0.39 is 5.41 Å². The molecule has 1 aliphatic rings. The zero-order valence-corrected chi connectivity index (χ0v) is 11.9. The van der Waals surface area contributed by atoms with Gasteiger partial charge in [0.2, 0.25) is 5.91 Å². The van der Waals surface area contributed by atoms with Crippen LogP contribution < -0.4 is 11.1 Å². The van der Waals surface area contributed by atoms with E-state index in [1.807, 2.05) is 44.2 Å². The molecule has 108 valence electrons. The van der Waals surface area contributed by atoms with E-state index in [9.17, 15) is 4.79 Å². The van der Waals surface area contributed by atoms with Gasteiger partial charge in [0.1, 0.15) is 5.84 Å². The average molecular weight is 275 g/mol. The average Bonchev–Trinajstić information content (AvgIpc) is 3.26. The Morgan fingerprint density at radius 2 is 2.00 bits per heavy atom. The van der Waals surface area contributed by atoms with Crippen LogP contribution in [0.1, 0.15) is 32.3 Å². The van der Waals surface area contributed by atoms with Gasteiger partial charge in [0.05, 0.1) is 5.41 Å². The number of benzene rings is 1. The number of nitrogens with two attached hydrogens (primary N) is 1. The molecule has 20 heavy (non-hydrogen) atoms. The summed E-state index contributed by atoms with van der Waals surface area (Å²) in [7, 11) is 0. The largest absolute Gasteiger partial charge is 0.409 e. The molecule has 1 aliphatic carbocycles.